The van der Waals surface area contributed by atoms with Crippen molar-refractivity contribution in [1.82, 2.24) is 0 Å². The Balaban J connectivity index is 3.50. The molecule has 0 fully saturated rings. The molecule has 0 saturated carbocycles. The Morgan fingerprint density at radius 2 is 2.07 bits per heavy atom. The summed E-state index contributed by atoms with van der Waals surface area (Å²) in [7, 11) is 0. The summed E-state index contributed by atoms with van der Waals surface area (Å²) in [6.45, 7) is 1.23. The van der Waals surface area contributed by atoms with Crippen LogP contribution in [0.5, 0.6) is 0 Å². The van der Waals surface area contributed by atoms with Crippen molar-refractivity contribution >= 4 is 40.0 Å². The molecule has 1 nitrogen and oxygen atoms in total. The molecule has 0 bridgehead atoms. The van der Waals surface area contributed by atoms with Gasteiger partial charge in [0.15, 0.2) is 5.78 Å². The first kappa shape index (κ1) is 11.8. The van der Waals surface area contributed by atoms with E-state index in [4.69, 9.17) is 11.6 Å². The zero-order valence-electron chi connectivity index (χ0n) is 7.15. The molecule has 76 valence electrons. The maximum atomic E-state index is 12.6. The van der Waals surface area contributed by atoms with Gasteiger partial charge in [0.2, 0.25) is 0 Å². The van der Waals surface area contributed by atoms with Gasteiger partial charge in [-0.25, -0.2) is 8.78 Å². The summed E-state index contributed by atoms with van der Waals surface area (Å²) < 4.78 is 25.6. The van der Waals surface area contributed by atoms with Crippen LogP contribution < -0.4 is 0 Å². The first-order valence-corrected chi connectivity index (χ1v) is 5.17. The lowest BCUT2D eigenvalue weighted by atomic mass is 10.0. The van der Waals surface area contributed by atoms with Crippen molar-refractivity contribution in [3.63, 3.8) is 0 Å². The Morgan fingerprint density at radius 1 is 1.50 bits per heavy atom. The van der Waals surface area contributed by atoms with E-state index in [0.29, 0.717) is 3.57 Å². The second-order valence-corrected chi connectivity index (χ2v) is 4.24. The van der Waals surface area contributed by atoms with Crippen LogP contribution in [0.15, 0.2) is 12.1 Å². The second-order valence-electron chi connectivity index (χ2n) is 2.67. The Kier molecular flexibility index (Phi) is 3.83. The molecular weight excluding hydrogens is 324 g/mol. The molecule has 14 heavy (non-hydrogen) atoms. The molecule has 0 heterocycles. The molecule has 0 N–H and O–H groups in total. The van der Waals surface area contributed by atoms with Gasteiger partial charge >= 0.3 is 0 Å². The molecule has 0 aromatic heterocycles. The third-order valence-electron chi connectivity index (χ3n) is 1.71. The molecule has 0 unspecified atom stereocenters. The summed E-state index contributed by atoms with van der Waals surface area (Å²) in [5, 5.41) is 0.0771. The van der Waals surface area contributed by atoms with Crippen LogP contribution in [-0.4, -0.2) is 5.78 Å². The van der Waals surface area contributed by atoms with Crippen LogP contribution in [0.2, 0.25) is 5.02 Å². The Morgan fingerprint density at radius 3 is 2.43 bits per heavy atom. The number of halogens is 4. The van der Waals surface area contributed by atoms with Gasteiger partial charge in [0.05, 0.1) is 5.02 Å². The number of carbonyl (C=O) groups excluding carboxylic acids is 1. The van der Waals surface area contributed by atoms with E-state index in [-0.39, 0.29) is 16.1 Å². The van der Waals surface area contributed by atoms with E-state index in [1.165, 1.54) is 19.1 Å². The number of Topliss-reactive ketones (excluding diaryl/α,β-unsaturated/α-hetero) is 1. The molecule has 0 radical (unpaired) electrons. The molecule has 0 saturated heterocycles. The Labute approximate surface area is 98.6 Å². The SMILES string of the molecule is CC(=O)c1c(Cl)ccc(I)c1C(F)F. The van der Waals surface area contributed by atoms with E-state index < -0.39 is 12.2 Å². The number of alkyl halides is 2. The van der Waals surface area contributed by atoms with Crippen LogP contribution in [0.4, 0.5) is 8.78 Å². The largest absolute Gasteiger partial charge is 0.294 e. The van der Waals surface area contributed by atoms with E-state index in [9.17, 15) is 13.6 Å². The second kappa shape index (κ2) is 4.53. The maximum Gasteiger partial charge on any atom is 0.265 e. The molecule has 0 aliphatic heterocycles. The predicted molar refractivity (Wildman–Crippen MR) is 59.1 cm³/mol. The highest BCUT2D eigenvalue weighted by atomic mass is 127. The van der Waals surface area contributed by atoms with Crippen molar-refractivity contribution in [1.29, 1.82) is 0 Å². The molecule has 0 atom stereocenters. The van der Waals surface area contributed by atoms with Gasteiger partial charge in [0.25, 0.3) is 6.43 Å². The summed E-state index contributed by atoms with van der Waals surface area (Å²) in [5.74, 6) is -0.441. The minimum atomic E-state index is -2.68. The average Bonchev–Trinajstić information content (AvgIpc) is 2.07. The Bertz CT molecular complexity index is 379. The summed E-state index contributed by atoms with van der Waals surface area (Å²) >= 11 is 7.44. The summed E-state index contributed by atoms with van der Waals surface area (Å²) in [6, 6.07) is 2.92. The van der Waals surface area contributed by atoms with E-state index in [1.54, 1.807) is 22.6 Å². The smallest absolute Gasteiger partial charge is 0.265 e. The van der Waals surface area contributed by atoms with Crippen molar-refractivity contribution in [2.75, 3.05) is 0 Å². The van der Waals surface area contributed by atoms with Crippen molar-refractivity contribution in [3.8, 4) is 0 Å². The molecule has 1 aromatic rings. The summed E-state index contributed by atoms with van der Waals surface area (Å²) in [6.07, 6.45) is -2.68. The first-order valence-electron chi connectivity index (χ1n) is 3.72. The van der Waals surface area contributed by atoms with Gasteiger partial charge in [-0.15, -0.1) is 0 Å². The van der Waals surface area contributed by atoms with Gasteiger partial charge in [-0.2, -0.15) is 0 Å². The molecule has 0 amide bonds. The van der Waals surface area contributed by atoms with E-state index in [1.807, 2.05) is 0 Å². The lowest BCUT2D eigenvalue weighted by Crippen LogP contribution is -2.03. The van der Waals surface area contributed by atoms with E-state index in [0.717, 1.165) is 0 Å². The number of carbonyl (C=O) groups is 1. The zero-order chi connectivity index (χ0) is 10.9. The third kappa shape index (κ3) is 2.23. The fourth-order valence-corrected chi connectivity index (χ4v) is 2.12. The zero-order valence-corrected chi connectivity index (χ0v) is 10.1. The lowest BCUT2D eigenvalue weighted by Gasteiger charge is -2.09. The third-order valence-corrected chi connectivity index (χ3v) is 2.97. The normalized spacial score (nSPS) is 10.7. The van der Waals surface area contributed by atoms with Crippen molar-refractivity contribution in [2.24, 2.45) is 0 Å². The molecule has 0 aliphatic carbocycles. The average molecular weight is 330 g/mol. The fourth-order valence-electron chi connectivity index (χ4n) is 1.14. The number of hydrogen-bond acceptors (Lipinski definition) is 1. The topological polar surface area (TPSA) is 17.1 Å². The summed E-state index contributed by atoms with van der Waals surface area (Å²) in [4.78, 5) is 11.1. The fraction of sp³-hybridized carbons (Fsp3) is 0.222. The molecular formula is C9H6ClF2IO. The van der Waals surface area contributed by atoms with Gasteiger partial charge < -0.3 is 0 Å². The minimum absolute atomic E-state index is 0.0754. The van der Waals surface area contributed by atoms with Gasteiger partial charge in [0, 0.05) is 14.7 Å². The lowest BCUT2D eigenvalue weighted by molar-refractivity contribution is 0.0998. The molecule has 1 rings (SSSR count). The monoisotopic (exact) mass is 330 g/mol. The number of rotatable bonds is 2. The van der Waals surface area contributed by atoms with Crippen molar-refractivity contribution < 1.29 is 13.6 Å². The molecule has 1 aromatic carbocycles. The number of hydrogen-bond donors (Lipinski definition) is 0. The molecule has 5 heteroatoms. The van der Waals surface area contributed by atoms with Crippen molar-refractivity contribution in [3.05, 3.63) is 31.9 Å². The minimum Gasteiger partial charge on any atom is -0.294 e. The van der Waals surface area contributed by atoms with Gasteiger partial charge in [-0.1, -0.05) is 11.6 Å². The van der Waals surface area contributed by atoms with Crippen LogP contribution in [0, 0.1) is 3.57 Å². The van der Waals surface area contributed by atoms with Crippen molar-refractivity contribution in [2.45, 2.75) is 13.3 Å². The molecule has 0 aliphatic rings. The first-order chi connectivity index (χ1) is 6.45. The number of ketones is 1. The highest BCUT2D eigenvalue weighted by molar-refractivity contribution is 14.1. The van der Waals surface area contributed by atoms with Gasteiger partial charge in [-0.05, 0) is 41.6 Å². The van der Waals surface area contributed by atoms with Gasteiger partial charge in [0.1, 0.15) is 0 Å². The highest BCUT2D eigenvalue weighted by Gasteiger charge is 2.21. The quantitative estimate of drug-likeness (QED) is 0.590. The highest BCUT2D eigenvalue weighted by Crippen LogP contribution is 2.32. The number of benzene rings is 1. The molecule has 0 spiro atoms. The van der Waals surface area contributed by atoms with Crippen LogP contribution in [0.1, 0.15) is 29.3 Å². The van der Waals surface area contributed by atoms with Gasteiger partial charge in [-0.3, -0.25) is 4.79 Å². The predicted octanol–water partition coefficient (Wildman–Crippen LogP) is 4.08. The van der Waals surface area contributed by atoms with Crippen LogP contribution in [-0.2, 0) is 0 Å². The maximum absolute atomic E-state index is 12.6. The Hall–Kier alpha value is -0.230. The van der Waals surface area contributed by atoms with E-state index in [2.05, 4.69) is 0 Å². The van der Waals surface area contributed by atoms with Crippen LogP contribution in [0.25, 0.3) is 0 Å². The van der Waals surface area contributed by atoms with Crippen LogP contribution >= 0.6 is 34.2 Å². The van der Waals surface area contributed by atoms with E-state index >= 15 is 0 Å². The summed E-state index contributed by atoms with van der Waals surface area (Å²) in [5.41, 5.74) is -0.348. The van der Waals surface area contributed by atoms with Crippen LogP contribution in [0.3, 0.4) is 0 Å². The standard InChI is InChI=1S/C9H6ClF2IO/c1-4(14)7-5(10)2-3-6(13)8(7)9(11)12/h2-3,9H,1H3.